The van der Waals surface area contributed by atoms with E-state index in [-0.39, 0.29) is 12.5 Å². The second-order valence-electron chi connectivity index (χ2n) is 3.81. The average Bonchev–Trinajstić information content (AvgIpc) is 2.26. The van der Waals surface area contributed by atoms with E-state index in [2.05, 4.69) is 0 Å². The van der Waals surface area contributed by atoms with Crippen LogP contribution in [0.15, 0.2) is 6.07 Å². The number of aliphatic hydroxyl groups is 1. The molecule has 0 spiro atoms. The van der Waals surface area contributed by atoms with Crippen molar-refractivity contribution in [2.45, 2.75) is 26.4 Å². The predicted octanol–water partition coefficient (Wildman–Crippen LogP) is 2.97. The van der Waals surface area contributed by atoms with Gasteiger partial charge in [0.25, 0.3) is 0 Å². The Morgan fingerprint density at radius 1 is 1.25 bits per heavy atom. The molecular formula is C12H17ClO3. The zero-order chi connectivity index (χ0) is 12.3. The summed E-state index contributed by atoms with van der Waals surface area (Å²) in [5.74, 6) is 1.35. The molecule has 1 rings (SSSR count). The Hall–Kier alpha value is -0.930. The fraction of sp³-hybridized carbons (Fsp3) is 0.500. The Labute approximate surface area is 101 Å². The molecule has 0 aliphatic rings. The van der Waals surface area contributed by atoms with Crippen LogP contribution in [0.4, 0.5) is 0 Å². The molecule has 0 bridgehead atoms. The summed E-state index contributed by atoms with van der Waals surface area (Å²) in [7, 11) is 3.12. The second-order valence-corrected chi connectivity index (χ2v) is 4.22. The third-order valence-electron chi connectivity index (χ3n) is 2.47. The molecule has 1 aromatic carbocycles. The van der Waals surface area contributed by atoms with Crippen molar-refractivity contribution >= 4 is 11.6 Å². The van der Waals surface area contributed by atoms with Crippen molar-refractivity contribution in [2.75, 3.05) is 14.2 Å². The van der Waals surface area contributed by atoms with E-state index in [4.69, 9.17) is 21.1 Å². The molecule has 1 aromatic rings. The highest BCUT2D eigenvalue weighted by Crippen LogP contribution is 2.43. The van der Waals surface area contributed by atoms with Gasteiger partial charge in [0.1, 0.15) is 0 Å². The van der Waals surface area contributed by atoms with E-state index in [0.717, 1.165) is 11.1 Å². The largest absolute Gasteiger partial charge is 0.492 e. The first-order valence-electron chi connectivity index (χ1n) is 5.10. The monoisotopic (exact) mass is 244 g/mol. The van der Waals surface area contributed by atoms with Crippen molar-refractivity contribution in [1.82, 2.24) is 0 Å². The molecule has 4 heteroatoms. The average molecular weight is 245 g/mol. The quantitative estimate of drug-likeness (QED) is 0.885. The number of hydrogen-bond acceptors (Lipinski definition) is 3. The molecule has 0 unspecified atom stereocenters. The lowest BCUT2D eigenvalue weighted by Gasteiger charge is -2.19. The molecule has 90 valence electrons. The fourth-order valence-corrected chi connectivity index (χ4v) is 2.12. The fourth-order valence-electron chi connectivity index (χ4n) is 1.83. The van der Waals surface area contributed by atoms with Gasteiger partial charge in [0.05, 0.1) is 25.8 Å². The maximum Gasteiger partial charge on any atom is 0.179 e. The van der Waals surface area contributed by atoms with E-state index in [0.29, 0.717) is 16.5 Å². The minimum absolute atomic E-state index is 0.0619. The SMILES string of the molecule is COc1c(Cl)cc(CO)c(C(C)C)c1OC. The number of methoxy groups -OCH3 is 2. The van der Waals surface area contributed by atoms with Crippen molar-refractivity contribution < 1.29 is 14.6 Å². The number of ether oxygens (including phenoxy) is 2. The van der Waals surface area contributed by atoms with E-state index < -0.39 is 0 Å². The third-order valence-corrected chi connectivity index (χ3v) is 2.75. The van der Waals surface area contributed by atoms with Gasteiger partial charge in [-0.25, -0.2) is 0 Å². The molecule has 3 nitrogen and oxygen atoms in total. The molecule has 0 saturated carbocycles. The number of benzene rings is 1. The summed E-state index contributed by atoms with van der Waals surface area (Å²) in [5, 5.41) is 9.77. The smallest absolute Gasteiger partial charge is 0.179 e. The lowest BCUT2D eigenvalue weighted by molar-refractivity contribution is 0.277. The highest BCUT2D eigenvalue weighted by molar-refractivity contribution is 6.32. The highest BCUT2D eigenvalue weighted by Gasteiger charge is 2.20. The van der Waals surface area contributed by atoms with Gasteiger partial charge in [-0.2, -0.15) is 0 Å². The number of aliphatic hydroxyl groups excluding tert-OH is 1. The van der Waals surface area contributed by atoms with Crippen molar-refractivity contribution in [1.29, 1.82) is 0 Å². The van der Waals surface area contributed by atoms with E-state index in [1.165, 1.54) is 0 Å². The molecular weight excluding hydrogens is 228 g/mol. The topological polar surface area (TPSA) is 38.7 Å². The predicted molar refractivity (Wildman–Crippen MR) is 64.6 cm³/mol. The Balaban J connectivity index is 3.52. The van der Waals surface area contributed by atoms with E-state index in [1.54, 1.807) is 20.3 Å². The van der Waals surface area contributed by atoms with Crippen LogP contribution in [0.2, 0.25) is 5.02 Å². The van der Waals surface area contributed by atoms with Crippen LogP contribution < -0.4 is 9.47 Å². The standard InChI is InChI=1S/C12H17ClO3/c1-7(2)10-8(6-14)5-9(13)11(15-3)12(10)16-4/h5,7,14H,6H2,1-4H3. The van der Waals surface area contributed by atoms with Gasteiger partial charge in [-0.05, 0) is 17.5 Å². The number of hydrogen-bond donors (Lipinski definition) is 1. The van der Waals surface area contributed by atoms with E-state index >= 15 is 0 Å². The molecule has 0 aromatic heterocycles. The van der Waals surface area contributed by atoms with Crippen LogP contribution in [0, 0.1) is 0 Å². The van der Waals surface area contributed by atoms with E-state index in [1.807, 2.05) is 13.8 Å². The van der Waals surface area contributed by atoms with Gasteiger partial charge in [-0.1, -0.05) is 25.4 Å². The first-order chi connectivity index (χ1) is 7.56. The van der Waals surface area contributed by atoms with E-state index in [9.17, 15) is 5.11 Å². The summed E-state index contributed by atoms with van der Waals surface area (Å²) in [6.07, 6.45) is 0. The molecule has 0 heterocycles. The molecule has 0 radical (unpaired) electrons. The summed E-state index contributed by atoms with van der Waals surface area (Å²) in [5.41, 5.74) is 1.71. The van der Waals surface area contributed by atoms with Gasteiger partial charge >= 0.3 is 0 Å². The molecule has 0 amide bonds. The molecule has 0 aliphatic carbocycles. The summed E-state index contributed by atoms with van der Waals surface area (Å²) in [4.78, 5) is 0. The molecule has 0 fully saturated rings. The number of halogens is 1. The van der Waals surface area contributed by atoms with Crippen LogP contribution in [-0.4, -0.2) is 19.3 Å². The van der Waals surface area contributed by atoms with Gasteiger partial charge in [-0.3, -0.25) is 0 Å². The molecule has 0 atom stereocenters. The molecule has 16 heavy (non-hydrogen) atoms. The zero-order valence-electron chi connectivity index (χ0n) is 10.0. The first kappa shape index (κ1) is 13.1. The van der Waals surface area contributed by atoms with Crippen molar-refractivity contribution in [2.24, 2.45) is 0 Å². The zero-order valence-corrected chi connectivity index (χ0v) is 10.8. The Morgan fingerprint density at radius 2 is 1.81 bits per heavy atom. The highest BCUT2D eigenvalue weighted by atomic mass is 35.5. The van der Waals surface area contributed by atoms with Crippen LogP contribution in [0.25, 0.3) is 0 Å². The lowest BCUT2D eigenvalue weighted by Crippen LogP contribution is -2.03. The van der Waals surface area contributed by atoms with Crippen LogP contribution in [-0.2, 0) is 6.61 Å². The molecule has 0 aliphatic heterocycles. The van der Waals surface area contributed by atoms with Gasteiger partial charge in [0, 0.05) is 5.56 Å². The molecule has 0 saturated heterocycles. The third kappa shape index (κ3) is 2.25. The van der Waals surface area contributed by atoms with Gasteiger partial charge in [0.15, 0.2) is 11.5 Å². The summed E-state index contributed by atoms with van der Waals surface area (Å²) in [6, 6.07) is 1.72. The Bertz CT molecular complexity index is 375. The van der Waals surface area contributed by atoms with Gasteiger partial charge in [0.2, 0.25) is 0 Å². The van der Waals surface area contributed by atoms with Crippen LogP contribution >= 0.6 is 11.6 Å². The first-order valence-corrected chi connectivity index (χ1v) is 5.48. The maximum atomic E-state index is 9.32. The minimum atomic E-state index is -0.0619. The van der Waals surface area contributed by atoms with Crippen molar-refractivity contribution in [3.05, 3.63) is 22.2 Å². The minimum Gasteiger partial charge on any atom is -0.492 e. The van der Waals surface area contributed by atoms with Crippen molar-refractivity contribution in [3.63, 3.8) is 0 Å². The molecule has 1 N–H and O–H groups in total. The van der Waals surface area contributed by atoms with Gasteiger partial charge < -0.3 is 14.6 Å². The maximum absolute atomic E-state index is 9.32. The Morgan fingerprint density at radius 3 is 2.19 bits per heavy atom. The Kier molecular flexibility index (Phi) is 4.44. The summed E-state index contributed by atoms with van der Waals surface area (Å²) >= 11 is 6.05. The summed E-state index contributed by atoms with van der Waals surface area (Å²) in [6.45, 7) is 4.00. The van der Waals surface area contributed by atoms with Crippen LogP contribution in [0.5, 0.6) is 11.5 Å². The number of rotatable bonds is 4. The van der Waals surface area contributed by atoms with Gasteiger partial charge in [-0.15, -0.1) is 0 Å². The summed E-state index contributed by atoms with van der Waals surface area (Å²) < 4.78 is 10.6. The second kappa shape index (κ2) is 5.41. The van der Waals surface area contributed by atoms with Crippen molar-refractivity contribution in [3.8, 4) is 11.5 Å². The van der Waals surface area contributed by atoms with Crippen LogP contribution in [0.1, 0.15) is 30.9 Å². The lowest BCUT2D eigenvalue weighted by atomic mass is 9.96. The normalized spacial score (nSPS) is 10.7. The van der Waals surface area contributed by atoms with Crippen LogP contribution in [0.3, 0.4) is 0 Å².